The molecule has 1 N–H and O–H groups in total. The van der Waals surface area contributed by atoms with E-state index in [0.717, 1.165) is 6.07 Å². The van der Waals surface area contributed by atoms with E-state index in [1.165, 1.54) is 30.9 Å². The number of aromatic nitrogens is 2. The zero-order valence-corrected chi connectivity index (χ0v) is 10.2. The highest BCUT2D eigenvalue weighted by atomic mass is 35.5. The molecule has 0 aliphatic rings. The second-order valence-electron chi connectivity index (χ2n) is 3.50. The fourth-order valence-corrected chi connectivity index (χ4v) is 1.62. The highest BCUT2D eigenvalue weighted by Crippen LogP contribution is 2.23. The van der Waals surface area contributed by atoms with Gasteiger partial charge in [0, 0.05) is 12.1 Å². The van der Waals surface area contributed by atoms with Crippen LogP contribution >= 0.6 is 11.6 Å². The van der Waals surface area contributed by atoms with Gasteiger partial charge in [-0.25, -0.2) is 9.97 Å². The highest BCUT2D eigenvalue weighted by Gasteiger charge is 2.15. The van der Waals surface area contributed by atoms with Crippen LogP contribution in [0.5, 0.6) is 0 Å². The molecule has 0 saturated carbocycles. The number of halogens is 1. The predicted octanol–water partition coefficient (Wildman–Crippen LogP) is 2.29. The summed E-state index contributed by atoms with van der Waals surface area (Å²) in [7, 11) is 0. The lowest BCUT2D eigenvalue weighted by atomic mass is 10.2. The Morgan fingerprint density at radius 2 is 2.00 bits per heavy atom. The van der Waals surface area contributed by atoms with Crippen LogP contribution < -0.4 is 5.32 Å². The van der Waals surface area contributed by atoms with Gasteiger partial charge in [-0.15, -0.1) is 0 Å². The molecular formula is C11H7ClN4O3. The summed E-state index contributed by atoms with van der Waals surface area (Å²) in [4.78, 5) is 29.4. The topological polar surface area (TPSA) is 98.0 Å². The van der Waals surface area contributed by atoms with E-state index >= 15 is 0 Å². The number of nitro benzene ring substituents is 1. The van der Waals surface area contributed by atoms with Crippen LogP contribution in [0.3, 0.4) is 0 Å². The summed E-state index contributed by atoms with van der Waals surface area (Å²) in [6.45, 7) is 0. The van der Waals surface area contributed by atoms with E-state index in [0.29, 0.717) is 5.69 Å². The van der Waals surface area contributed by atoms with Gasteiger partial charge in [0.1, 0.15) is 6.33 Å². The van der Waals surface area contributed by atoms with Crippen molar-refractivity contribution in [3.63, 3.8) is 0 Å². The van der Waals surface area contributed by atoms with Gasteiger partial charge in [-0.1, -0.05) is 11.6 Å². The molecule has 0 atom stereocenters. The minimum absolute atomic E-state index is 0.00329. The Morgan fingerprint density at radius 3 is 2.58 bits per heavy atom. The third kappa shape index (κ3) is 3.02. The molecule has 0 aliphatic heterocycles. The highest BCUT2D eigenvalue weighted by molar-refractivity contribution is 6.34. The van der Waals surface area contributed by atoms with Crippen molar-refractivity contribution < 1.29 is 9.72 Å². The number of carbonyl (C=O) groups excluding carboxylic acids is 1. The molecular weight excluding hydrogens is 272 g/mol. The average Bonchev–Trinajstić information content (AvgIpc) is 2.39. The summed E-state index contributed by atoms with van der Waals surface area (Å²) >= 11 is 5.84. The van der Waals surface area contributed by atoms with Crippen molar-refractivity contribution in [1.29, 1.82) is 0 Å². The van der Waals surface area contributed by atoms with Crippen molar-refractivity contribution in [3.8, 4) is 0 Å². The third-order valence-corrected chi connectivity index (χ3v) is 2.54. The van der Waals surface area contributed by atoms with Gasteiger partial charge in [-0.05, 0) is 6.07 Å². The van der Waals surface area contributed by atoms with E-state index in [4.69, 9.17) is 11.6 Å². The molecule has 1 aromatic heterocycles. The van der Waals surface area contributed by atoms with E-state index in [1.807, 2.05) is 0 Å². The van der Waals surface area contributed by atoms with Crippen molar-refractivity contribution in [2.45, 2.75) is 0 Å². The van der Waals surface area contributed by atoms with Crippen LogP contribution in [0.2, 0.25) is 5.02 Å². The number of amides is 1. The molecule has 1 aromatic carbocycles. The number of benzene rings is 1. The van der Waals surface area contributed by atoms with Crippen LogP contribution in [0.15, 0.2) is 36.9 Å². The Labute approximate surface area is 112 Å². The Balaban J connectivity index is 2.22. The van der Waals surface area contributed by atoms with Gasteiger partial charge in [0.05, 0.1) is 33.6 Å². The summed E-state index contributed by atoms with van der Waals surface area (Å²) in [6, 6.07) is 3.62. The Morgan fingerprint density at radius 1 is 1.32 bits per heavy atom. The summed E-state index contributed by atoms with van der Waals surface area (Å²) < 4.78 is 0. The molecule has 1 amide bonds. The summed E-state index contributed by atoms with van der Waals surface area (Å²) in [5.41, 5.74) is 0.364. The monoisotopic (exact) mass is 278 g/mol. The summed E-state index contributed by atoms with van der Waals surface area (Å²) in [5, 5.41) is 13.1. The number of carbonyl (C=O) groups is 1. The fourth-order valence-electron chi connectivity index (χ4n) is 1.36. The van der Waals surface area contributed by atoms with Gasteiger partial charge >= 0.3 is 0 Å². The third-order valence-electron chi connectivity index (χ3n) is 2.23. The van der Waals surface area contributed by atoms with Crippen LogP contribution in [0.4, 0.5) is 11.4 Å². The van der Waals surface area contributed by atoms with Crippen LogP contribution in [0.1, 0.15) is 10.4 Å². The number of hydrogen-bond donors (Lipinski definition) is 1. The van der Waals surface area contributed by atoms with Gasteiger partial charge in [-0.3, -0.25) is 14.9 Å². The largest absolute Gasteiger partial charge is 0.319 e. The number of rotatable bonds is 3. The smallest absolute Gasteiger partial charge is 0.270 e. The van der Waals surface area contributed by atoms with Gasteiger partial charge in [0.2, 0.25) is 0 Å². The first-order valence-corrected chi connectivity index (χ1v) is 5.46. The summed E-state index contributed by atoms with van der Waals surface area (Å²) in [6.07, 6.45) is 4.17. The molecule has 7 nitrogen and oxygen atoms in total. The molecule has 2 aromatic rings. The molecule has 1 heterocycles. The second kappa shape index (κ2) is 5.40. The lowest BCUT2D eigenvalue weighted by molar-refractivity contribution is -0.384. The molecule has 2 rings (SSSR count). The van der Waals surface area contributed by atoms with Crippen molar-refractivity contribution in [2.75, 3.05) is 5.32 Å². The molecule has 0 spiro atoms. The molecule has 0 saturated heterocycles. The maximum atomic E-state index is 11.9. The SMILES string of the molecule is O=C(Nc1cncnc1)c1ccc([N+](=O)[O-])cc1Cl. The Kier molecular flexibility index (Phi) is 3.67. The van der Waals surface area contributed by atoms with Crippen LogP contribution in [-0.4, -0.2) is 20.8 Å². The van der Waals surface area contributed by atoms with E-state index in [9.17, 15) is 14.9 Å². The van der Waals surface area contributed by atoms with Crippen LogP contribution in [0, 0.1) is 10.1 Å². The first-order valence-electron chi connectivity index (χ1n) is 5.08. The number of nitrogens with one attached hydrogen (secondary N) is 1. The lowest BCUT2D eigenvalue weighted by Gasteiger charge is -2.05. The second-order valence-corrected chi connectivity index (χ2v) is 3.91. The minimum Gasteiger partial charge on any atom is -0.319 e. The predicted molar refractivity (Wildman–Crippen MR) is 68.1 cm³/mol. The van der Waals surface area contributed by atoms with Gasteiger partial charge in [-0.2, -0.15) is 0 Å². The molecule has 0 bridgehead atoms. The zero-order chi connectivity index (χ0) is 13.8. The standard InChI is InChI=1S/C11H7ClN4O3/c12-10-3-8(16(18)19)1-2-9(10)11(17)15-7-4-13-6-14-5-7/h1-6H,(H,15,17). The van der Waals surface area contributed by atoms with Gasteiger partial charge in [0.25, 0.3) is 11.6 Å². The number of non-ortho nitro benzene ring substituents is 1. The molecule has 0 radical (unpaired) electrons. The maximum absolute atomic E-state index is 11.9. The van der Waals surface area contributed by atoms with Crippen LogP contribution in [0.25, 0.3) is 0 Å². The molecule has 0 fully saturated rings. The first-order chi connectivity index (χ1) is 9.08. The molecule has 0 unspecified atom stereocenters. The Hall–Kier alpha value is -2.54. The molecule has 8 heteroatoms. The Bertz CT molecular complexity index is 633. The quantitative estimate of drug-likeness (QED) is 0.686. The number of nitro groups is 1. The fraction of sp³-hybridized carbons (Fsp3) is 0. The van der Waals surface area contributed by atoms with Gasteiger partial charge < -0.3 is 5.32 Å². The minimum atomic E-state index is -0.585. The first kappa shape index (κ1) is 12.9. The number of anilines is 1. The van der Waals surface area contributed by atoms with Gasteiger partial charge in [0.15, 0.2) is 0 Å². The van der Waals surface area contributed by atoms with Crippen molar-refractivity contribution in [1.82, 2.24) is 9.97 Å². The summed E-state index contributed by atoms with van der Waals surface area (Å²) in [5.74, 6) is -0.491. The average molecular weight is 279 g/mol. The van der Waals surface area contributed by atoms with E-state index < -0.39 is 10.8 Å². The zero-order valence-electron chi connectivity index (χ0n) is 9.41. The molecule has 0 aliphatic carbocycles. The normalized spacial score (nSPS) is 9.95. The number of hydrogen-bond acceptors (Lipinski definition) is 5. The van der Waals surface area contributed by atoms with Crippen LogP contribution in [-0.2, 0) is 0 Å². The molecule has 96 valence electrons. The number of nitrogens with zero attached hydrogens (tertiary/aromatic N) is 3. The van der Waals surface area contributed by atoms with Crippen molar-refractivity contribution in [3.05, 3.63) is 57.6 Å². The molecule has 19 heavy (non-hydrogen) atoms. The van der Waals surface area contributed by atoms with Crippen molar-refractivity contribution >= 4 is 28.9 Å². The van der Waals surface area contributed by atoms with E-state index in [-0.39, 0.29) is 16.3 Å². The maximum Gasteiger partial charge on any atom is 0.270 e. The van der Waals surface area contributed by atoms with E-state index in [1.54, 1.807) is 0 Å². The van der Waals surface area contributed by atoms with Crippen molar-refractivity contribution in [2.24, 2.45) is 0 Å². The van der Waals surface area contributed by atoms with E-state index in [2.05, 4.69) is 15.3 Å². The lowest BCUT2D eigenvalue weighted by Crippen LogP contribution is -2.12.